The zero-order chi connectivity index (χ0) is 20.9. The van der Waals surface area contributed by atoms with Gasteiger partial charge in [0, 0.05) is 48.1 Å². The van der Waals surface area contributed by atoms with Gasteiger partial charge in [-0.15, -0.1) is 0 Å². The fourth-order valence-corrected chi connectivity index (χ4v) is 3.38. The van der Waals surface area contributed by atoms with Crippen LogP contribution in [0.3, 0.4) is 0 Å². The second-order valence-electron chi connectivity index (χ2n) is 7.37. The average Bonchev–Trinajstić information content (AvgIpc) is 3.20. The maximum atomic E-state index is 12.3. The predicted molar refractivity (Wildman–Crippen MR) is 119 cm³/mol. The Balaban J connectivity index is 1.30. The summed E-state index contributed by atoms with van der Waals surface area (Å²) in [5.74, 6) is 0.655. The highest BCUT2D eigenvalue weighted by Crippen LogP contribution is 2.26. The van der Waals surface area contributed by atoms with Crippen LogP contribution in [0.5, 0.6) is 0 Å². The summed E-state index contributed by atoms with van der Waals surface area (Å²) in [5.41, 5.74) is 2.48. The lowest BCUT2D eigenvalue weighted by atomic mass is 10.2. The molecule has 3 aromatic rings. The molecule has 2 aromatic carbocycles. The fraction of sp³-hybridized carbons (Fsp3) is 0.273. The fourth-order valence-electron chi connectivity index (χ4n) is 3.25. The highest BCUT2D eigenvalue weighted by Gasteiger charge is 2.16. The number of likely N-dealkylation sites (N-methyl/N-ethyl adjacent to an activating group) is 1. The molecule has 2 N–H and O–H groups in total. The lowest BCUT2D eigenvalue weighted by molar-refractivity contribution is -0.117. The smallest absolute Gasteiger partial charge is 0.299 e. The van der Waals surface area contributed by atoms with Gasteiger partial charge in [-0.1, -0.05) is 11.6 Å². The number of aromatic nitrogens is 1. The lowest BCUT2D eigenvalue weighted by Crippen LogP contribution is -2.47. The van der Waals surface area contributed by atoms with Crippen molar-refractivity contribution < 1.29 is 9.21 Å². The number of amides is 1. The van der Waals surface area contributed by atoms with E-state index in [1.165, 1.54) is 0 Å². The van der Waals surface area contributed by atoms with E-state index in [9.17, 15) is 4.79 Å². The summed E-state index contributed by atoms with van der Waals surface area (Å²) in [6, 6.07) is 15.2. The van der Waals surface area contributed by atoms with E-state index in [1.807, 2.05) is 48.5 Å². The van der Waals surface area contributed by atoms with Crippen LogP contribution >= 0.6 is 11.6 Å². The molecule has 1 fully saturated rings. The standard InChI is InChI=1S/C22H24ClN5O2/c1-27-10-12-28(13-11-27)15-21(29)25-18-6-8-19(9-7-18)26-22-24-14-20(30-22)16-2-4-17(23)5-3-16/h2-9,14H,10-13,15H2,1H3,(H,24,26)(H,25,29). The number of benzene rings is 2. The summed E-state index contributed by atoms with van der Waals surface area (Å²) in [7, 11) is 2.10. The van der Waals surface area contributed by atoms with Crippen LogP contribution in [0, 0.1) is 0 Å². The number of nitrogens with zero attached hydrogens (tertiary/aromatic N) is 3. The van der Waals surface area contributed by atoms with E-state index in [4.69, 9.17) is 16.0 Å². The molecule has 7 nitrogen and oxygen atoms in total. The minimum absolute atomic E-state index is 0.000528. The molecule has 4 rings (SSSR count). The van der Waals surface area contributed by atoms with Crippen molar-refractivity contribution in [2.45, 2.75) is 0 Å². The Morgan fingerprint density at radius 1 is 1.03 bits per heavy atom. The number of carbonyl (C=O) groups is 1. The van der Waals surface area contributed by atoms with Gasteiger partial charge in [0.2, 0.25) is 5.91 Å². The Bertz CT molecular complexity index is 980. The minimum atomic E-state index is 0.000528. The minimum Gasteiger partial charge on any atom is -0.423 e. The number of piperazine rings is 1. The summed E-state index contributed by atoms with van der Waals surface area (Å²) in [6.07, 6.45) is 1.67. The van der Waals surface area contributed by atoms with Gasteiger partial charge in [0.05, 0.1) is 12.7 Å². The molecule has 1 amide bonds. The first kappa shape index (κ1) is 20.4. The summed E-state index contributed by atoms with van der Waals surface area (Å²) < 4.78 is 5.76. The average molecular weight is 426 g/mol. The first-order valence-corrected chi connectivity index (χ1v) is 10.2. The molecule has 1 aliphatic rings. The van der Waals surface area contributed by atoms with Crippen LogP contribution in [0.4, 0.5) is 17.4 Å². The van der Waals surface area contributed by atoms with Gasteiger partial charge < -0.3 is 20.0 Å². The Hall–Kier alpha value is -2.87. The van der Waals surface area contributed by atoms with E-state index in [0.29, 0.717) is 23.3 Å². The second-order valence-corrected chi connectivity index (χ2v) is 7.80. The molecule has 1 saturated heterocycles. The molecule has 0 unspecified atom stereocenters. The highest BCUT2D eigenvalue weighted by molar-refractivity contribution is 6.30. The number of anilines is 3. The number of hydrogen-bond donors (Lipinski definition) is 2. The first-order valence-electron chi connectivity index (χ1n) is 9.85. The molecule has 156 valence electrons. The third-order valence-corrected chi connectivity index (χ3v) is 5.27. The Labute approximate surface area is 180 Å². The van der Waals surface area contributed by atoms with Crippen molar-refractivity contribution in [1.29, 1.82) is 0 Å². The van der Waals surface area contributed by atoms with Crippen LogP contribution in [-0.4, -0.2) is 60.5 Å². The maximum absolute atomic E-state index is 12.3. The summed E-state index contributed by atoms with van der Waals surface area (Å²) >= 11 is 5.92. The molecule has 0 aliphatic carbocycles. The topological polar surface area (TPSA) is 73.6 Å². The SMILES string of the molecule is CN1CCN(CC(=O)Nc2ccc(Nc3ncc(-c4ccc(Cl)cc4)o3)cc2)CC1. The number of hydrogen-bond acceptors (Lipinski definition) is 6. The normalized spacial score (nSPS) is 15.1. The van der Waals surface area contributed by atoms with Crippen LogP contribution in [0.15, 0.2) is 59.1 Å². The Kier molecular flexibility index (Phi) is 6.32. The van der Waals surface area contributed by atoms with Crippen LogP contribution in [0.25, 0.3) is 11.3 Å². The summed E-state index contributed by atoms with van der Waals surface area (Å²) in [6.45, 7) is 4.24. The molecular weight excluding hydrogens is 402 g/mol. The quantitative estimate of drug-likeness (QED) is 0.623. The van der Waals surface area contributed by atoms with Gasteiger partial charge >= 0.3 is 0 Å². The number of carbonyl (C=O) groups excluding carboxylic acids is 1. The van der Waals surface area contributed by atoms with E-state index in [1.54, 1.807) is 6.20 Å². The molecule has 1 aliphatic heterocycles. The molecule has 30 heavy (non-hydrogen) atoms. The third kappa shape index (κ3) is 5.38. The van der Waals surface area contributed by atoms with Crippen molar-refractivity contribution >= 4 is 34.9 Å². The van der Waals surface area contributed by atoms with Crippen LogP contribution < -0.4 is 10.6 Å². The van der Waals surface area contributed by atoms with Crippen molar-refractivity contribution in [1.82, 2.24) is 14.8 Å². The Morgan fingerprint density at radius 2 is 1.70 bits per heavy atom. The number of halogens is 1. The molecule has 8 heteroatoms. The van der Waals surface area contributed by atoms with Gasteiger partial charge in [-0.3, -0.25) is 9.69 Å². The third-order valence-electron chi connectivity index (χ3n) is 5.02. The van der Waals surface area contributed by atoms with Crippen LogP contribution in [0.1, 0.15) is 0 Å². The van der Waals surface area contributed by atoms with E-state index in [2.05, 4.69) is 32.5 Å². The number of oxazole rings is 1. The first-order chi connectivity index (χ1) is 14.5. The van der Waals surface area contributed by atoms with E-state index in [0.717, 1.165) is 43.1 Å². The van der Waals surface area contributed by atoms with Crippen LogP contribution in [0.2, 0.25) is 5.02 Å². The monoisotopic (exact) mass is 425 g/mol. The molecule has 0 saturated carbocycles. The number of nitrogens with one attached hydrogen (secondary N) is 2. The molecule has 1 aromatic heterocycles. The van der Waals surface area contributed by atoms with Gasteiger partial charge in [-0.05, 0) is 55.6 Å². The van der Waals surface area contributed by atoms with Gasteiger partial charge in [0.1, 0.15) is 0 Å². The Morgan fingerprint density at radius 3 is 2.40 bits per heavy atom. The van der Waals surface area contributed by atoms with Gasteiger partial charge in [-0.2, -0.15) is 0 Å². The van der Waals surface area contributed by atoms with Crippen molar-refractivity contribution in [2.75, 3.05) is 50.4 Å². The molecule has 0 atom stereocenters. The molecule has 0 radical (unpaired) electrons. The van der Waals surface area contributed by atoms with Crippen molar-refractivity contribution in [3.8, 4) is 11.3 Å². The lowest BCUT2D eigenvalue weighted by Gasteiger charge is -2.31. The maximum Gasteiger partial charge on any atom is 0.299 e. The van der Waals surface area contributed by atoms with Gasteiger partial charge in [-0.25, -0.2) is 4.98 Å². The van der Waals surface area contributed by atoms with Crippen molar-refractivity contribution in [3.05, 3.63) is 59.8 Å². The van der Waals surface area contributed by atoms with Gasteiger partial charge in [0.25, 0.3) is 6.01 Å². The van der Waals surface area contributed by atoms with Crippen molar-refractivity contribution in [3.63, 3.8) is 0 Å². The number of rotatable bonds is 6. The van der Waals surface area contributed by atoms with E-state index >= 15 is 0 Å². The predicted octanol–water partition coefficient (Wildman–Crippen LogP) is 3.92. The second kappa shape index (κ2) is 9.30. The van der Waals surface area contributed by atoms with E-state index in [-0.39, 0.29) is 5.91 Å². The molecule has 0 bridgehead atoms. The molecule has 0 spiro atoms. The molecule has 2 heterocycles. The molecular formula is C22H24ClN5O2. The van der Waals surface area contributed by atoms with E-state index < -0.39 is 0 Å². The highest BCUT2D eigenvalue weighted by atomic mass is 35.5. The zero-order valence-electron chi connectivity index (χ0n) is 16.8. The zero-order valence-corrected chi connectivity index (χ0v) is 17.5. The summed E-state index contributed by atoms with van der Waals surface area (Å²) in [5, 5.41) is 6.75. The van der Waals surface area contributed by atoms with Gasteiger partial charge in [0.15, 0.2) is 5.76 Å². The largest absolute Gasteiger partial charge is 0.423 e. The van der Waals surface area contributed by atoms with Crippen LogP contribution in [-0.2, 0) is 4.79 Å². The van der Waals surface area contributed by atoms with Crippen molar-refractivity contribution in [2.24, 2.45) is 0 Å². The summed E-state index contributed by atoms with van der Waals surface area (Å²) in [4.78, 5) is 21.0.